The molecule has 0 aromatic carbocycles. The van der Waals surface area contributed by atoms with Crippen LogP contribution in [0.2, 0.25) is 0 Å². The molecule has 2 unspecified atom stereocenters. The summed E-state index contributed by atoms with van der Waals surface area (Å²) in [6, 6.07) is 0. The molecule has 1 saturated carbocycles. The molecule has 0 bridgehead atoms. The molecule has 0 amide bonds. The molecule has 1 aliphatic carbocycles. The van der Waals surface area contributed by atoms with Gasteiger partial charge in [0.05, 0.1) is 13.2 Å². The van der Waals surface area contributed by atoms with Crippen molar-refractivity contribution in [2.75, 3.05) is 13.2 Å². The van der Waals surface area contributed by atoms with E-state index in [1.165, 1.54) is 0 Å². The van der Waals surface area contributed by atoms with Crippen molar-refractivity contribution >= 4 is 5.78 Å². The van der Waals surface area contributed by atoms with Crippen molar-refractivity contribution < 1.29 is 14.3 Å². The van der Waals surface area contributed by atoms with Gasteiger partial charge in [-0.2, -0.15) is 0 Å². The lowest BCUT2D eigenvalue weighted by Crippen LogP contribution is -2.47. The molecule has 2 fully saturated rings. The summed E-state index contributed by atoms with van der Waals surface area (Å²) in [7, 11) is 0. The van der Waals surface area contributed by atoms with Crippen LogP contribution < -0.4 is 0 Å². The van der Waals surface area contributed by atoms with E-state index >= 15 is 0 Å². The summed E-state index contributed by atoms with van der Waals surface area (Å²) in [5, 5.41) is 0. The Hall–Kier alpha value is -0.670. The van der Waals surface area contributed by atoms with E-state index in [1.807, 2.05) is 0 Å². The standard InChI is InChI=1S/C14H22O3/c1-10(15)9-13(4)5-6-14(12(3)11(13)2)16-7-8-17-14/h12H,2,5-9H2,1,3-4H3. The maximum Gasteiger partial charge on any atom is 0.174 e. The van der Waals surface area contributed by atoms with Crippen molar-refractivity contribution in [2.45, 2.75) is 45.8 Å². The summed E-state index contributed by atoms with van der Waals surface area (Å²) in [5.41, 5.74) is 1.01. The minimum absolute atomic E-state index is 0.0915. The van der Waals surface area contributed by atoms with E-state index in [1.54, 1.807) is 6.92 Å². The van der Waals surface area contributed by atoms with Gasteiger partial charge in [-0.1, -0.05) is 26.0 Å². The lowest BCUT2D eigenvalue weighted by atomic mass is 9.63. The predicted molar refractivity (Wildman–Crippen MR) is 65.6 cm³/mol. The lowest BCUT2D eigenvalue weighted by molar-refractivity contribution is -0.205. The highest BCUT2D eigenvalue weighted by Gasteiger charge is 2.51. The number of ether oxygens (including phenoxy) is 2. The summed E-state index contributed by atoms with van der Waals surface area (Å²) in [4.78, 5) is 11.4. The second-order valence-electron chi connectivity index (χ2n) is 5.70. The first-order chi connectivity index (χ1) is 7.90. The normalized spacial score (nSPS) is 36.4. The second-order valence-corrected chi connectivity index (χ2v) is 5.70. The van der Waals surface area contributed by atoms with Gasteiger partial charge >= 0.3 is 0 Å². The second kappa shape index (κ2) is 4.21. The Morgan fingerprint density at radius 1 is 1.41 bits per heavy atom. The fourth-order valence-corrected chi connectivity index (χ4v) is 3.23. The van der Waals surface area contributed by atoms with Crippen molar-refractivity contribution in [3.8, 4) is 0 Å². The Kier molecular flexibility index (Phi) is 3.17. The van der Waals surface area contributed by atoms with Crippen molar-refractivity contribution in [3.05, 3.63) is 12.2 Å². The van der Waals surface area contributed by atoms with E-state index in [0.717, 1.165) is 18.4 Å². The minimum Gasteiger partial charge on any atom is -0.347 e. The van der Waals surface area contributed by atoms with Crippen LogP contribution in [0.3, 0.4) is 0 Å². The van der Waals surface area contributed by atoms with Gasteiger partial charge in [-0.25, -0.2) is 0 Å². The molecular formula is C14H22O3. The molecule has 96 valence electrons. The third-order valence-corrected chi connectivity index (χ3v) is 4.40. The first-order valence-electron chi connectivity index (χ1n) is 6.36. The largest absolute Gasteiger partial charge is 0.347 e. The van der Waals surface area contributed by atoms with Crippen LogP contribution in [0.1, 0.15) is 40.0 Å². The number of carbonyl (C=O) groups excluding carboxylic acids is 1. The minimum atomic E-state index is -0.465. The molecule has 17 heavy (non-hydrogen) atoms. The van der Waals surface area contributed by atoms with Gasteiger partial charge < -0.3 is 9.47 Å². The Morgan fingerprint density at radius 3 is 2.53 bits per heavy atom. The van der Waals surface area contributed by atoms with Crippen LogP contribution in [-0.4, -0.2) is 24.8 Å². The zero-order chi connectivity index (χ0) is 12.7. The van der Waals surface area contributed by atoms with Gasteiger partial charge in [-0.3, -0.25) is 4.79 Å². The first-order valence-corrected chi connectivity index (χ1v) is 6.36. The summed E-state index contributed by atoms with van der Waals surface area (Å²) < 4.78 is 11.6. The van der Waals surface area contributed by atoms with Crippen molar-refractivity contribution in [1.82, 2.24) is 0 Å². The number of hydrogen-bond donors (Lipinski definition) is 0. The molecule has 0 radical (unpaired) electrons. The number of Topliss-reactive ketones (excluding diaryl/α,β-unsaturated/α-hetero) is 1. The van der Waals surface area contributed by atoms with E-state index < -0.39 is 5.79 Å². The van der Waals surface area contributed by atoms with Crippen LogP contribution in [0.4, 0.5) is 0 Å². The molecule has 0 aromatic rings. The van der Waals surface area contributed by atoms with Gasteiger partial charge in [0.1, 0.15) is 5.78 Å². The number of carbonyl (C=O) groups is 1. The zero-order valence-corrected chi connectivity index (χ0v) is 11.0. The van der Waals surface area contributed by atoms with Crippen LogP contribution >= 0.6 is 0 Å². The summed E-state index contributed by atoms with van der Waals surface area (Å²) in [6.07, 6.45) is 2.35. The van der Waals surface area contributed by atoms with Gasteiger partial charge in [0.25, 0.3) is 0 Å². The molecule has 0 N–H and O–H groups in total. The monoisotopic (exact) mass is 238 g/mol. The Bertz CT molecular complexity index is 341. The molecule has 2 rings (SSSR count). The van der Waals surface area contributed by atoms with E-state index in [2.05, 4.69) is 20.4 Å². The molecule has 2 aliphatic rings. The summed E-state index contributed by atoms with van der Waals surface area (Å²) >= 11 is 0. The van der Waals surface area contributed by atoms with E-state index in [-0.39, 0.29) is 17.1 Å². The molecule has 1 heterocycles. The Morgan fingerprint density at radius 2 is 2.00 bits per heavy atom. The van der Waals surface area contributed by atoms with Crippen LogP contribution in [0.5, 0.6) is 0 Å². The van der Waals surface area contributed by atoms with Crippen molar-refractivity contribution in [3.63, 3.8) is 0 Å². The summed E-state index contributed by atoms with van der Waals surface area (Å²) in [5.74, 6) is -0.0823. The highest BCUT2D eigenvalue weighted by atomic mass is 16.7. The third-order valence-electron chi connectivity index (χ3n) is 4.40. The summed E-state index contributed by atoms with van der Waals surface area (Å²) in [6.45, 7) is 11.4. The average Bonchev–Trinajstić information content (AvgIpc) is 2.71. The van der Waals surface area contributed by atoms with E-state index in [9.17, 15) is 4.79 Å². The van der Waals surface area contributed by atoms with Crippen LogP contribution in [-0.2, 0) is 14.3 Å². The first kappa shape index (κ1) is 12.8. The highest BCUT2D eigenvalue weighted by Crippen LogP contribution is 2.52. The molecular weight excluding hydrogens is 216 g/mol. The molecule has 3 heteroatoms. The maximum absolute atomic E-state index is 11.4. The molecule has 3 nitrogen and oxygen atoms in total. The lowest BCUT2D eigenvalue weighted by Gasteiger charge is -2.47. The maximum atomic E-state index is 11.4. The third kappa shape index (κ3) is 2.06. The van der Waals surface area contributed by atoms with Gasteiger partial charge in [0.2, 0.25) is 0 Å². The van der Waals surface area contributed by atoms with Gasteiger partial charge in [0.15, 0.2) is 5.79 Å². The SMILES string of the molecule is C=C1C(C)C2(CCC1(C)CC(C)=O)OCCO2. The highest BCUT2D eigenvalue weighted by molar-refractivity contribution is 5.76. The number of ketones is 1. The van der Waals surface area contributed by atoms with Crippen LogP contribution in [0.15, 0.2) is 12.2 Å². The molecule has 2 atom stereocenters. The predicted octanol–water partition coefficient (Wildman–Crippen LogP) is 2.70. The fourth-order valence-electron chi connectivity index (χ4n) is 3.23. The smallest absolute Gasteiger partial charge is 0.174 e. The van der Waals surface area contributed by atoms with E-state index in [0.29, 0.717) is 19.6 Å². The van der Waals surface area contributed by atoms with E-state index in [4.69, 9.17) is 9.47 Å². The zero-order valence-electron chi connectivity index (χ0n) is 11.0. The van der Waals surface area contributed by atoms with Gasteiger partial charge in [-0.15, -0.1) is 0 Å². The van der Waals surface area contributed by atoms with Crippen LogP contribution in [0.25, 0.3) is 0 Å². The fraction of sp³-hybridized carbons (Fsp3) is 0.786. The quantitative estimate of drug-likeness (QED) is 0.694. The van der Waals surface area contributed by atoms with Crippen molar-refractivity contribution in [1.29, 1.82) is 0 Å². The van der Waals surface area contributed by atoms with Gasteiger partial charge in [0, 0.05) is 18.8 Å². The molecule has 1 saturated heterocycles. The van der Waals surface area contributed by atoms with Crippen molar-refractivity contribution in [2.24, 2.45) is 11.3 Å². The van der Waals surface area contributed by atoms with Crippen LogP contribution in [0, 0.1) is 11.3 Å². The average molecular weight is 238 g/mol. The number of rotatable bonds is 2. The molecule has 1 aliphatic heterocycles. The topological polar surface area (TPSA) is 35.5 Å². The number of hydrogen-bond acceptors (Lipinski definition) is 3. The molecule has 1 spiro atoms. The Labute approximate surface area is 103 Å². The molecule has 0 aromatic heterocycles. The Balaban J connectivity index is 2.18. The van der Waals surface area contributed by atoms with Gasteiger partial charge in [-0.05, 0) is 18.8 Å².